The third-order valence-corrected chi connectivity index (χ3v) is 35.7. The first-order valence-electron chi connectivity index (χ1n) is 35.2. The van der Waals surface area contributed by atoms with Crippen molar-refractivity contribution in [3.63, 3.8) is 0 Å². The number of ether oxygens (including phenoxy) is 5. The number of aliphatic hydroxyl groups excluding tert-OH is 2. The molecule has 35 heteroatoms. The lowest BCUT2D eigenvalue weighted by Gasteiger charge is -2.44. The molecule has 1 fully saturated rings. The zero-order valence-electron chi connectivity index (χ0n) is 61.7. The Morgan fingerprint density at radius 3 is 1.29 bits per heavy atom. The van der Waals surface area contributed by atoms with Crippen LogP contribution in [-0.2, 0) is 59.3 Å². The highest BCUT2D eigenvalue weighted by Gasteiger charge is 2.90. The van der Waals surface area contributed by atoms with Gasteiger partial charge in [0.15, 0.2) is 16.6 Å². The third kappa shape index (κ3) is 49.2. The summed E-state index contributed by atoms with van der Waals surface area (Å²) < 4.78 is 239. The fraction of sp³-hybridized carbons (Fsp3) is 0.949. The van der Waals surface area contributed by atoms with Crippen LogP contribution in [-0.4, -0.2) is 176 Å². The maximum atomic E-state index is 15.3. The number of halogens is 14. The van der Waals surface area contributed by atoms with Gasteiger partial charge in [0, 0.05) is 5.38 Å². The molecule has 0 saturated carbocycles. The molecule has 0 amide bonds. The van der Waals surface area contributed by atoms with E-state index >= 15 is 8.78 Å². The molecule has 704 valence electrons. The first kappa shape index (κ1) is 144. The molecule has 8 unspecified atom stereocenters. The Morgan fingerprint density at radius 2 is 0.886 bits per heavy atom. The van der Waals surface area contributed by atoms with Crippen LogP contribution in [0.5, 0.6) is 0 Å². The molecule has 1 heterocycles. The second-order valence-electron chi connectivity index (χ2n) is 31.0. The van der Waals surface area contributed by atoms with Gasteiger partial charge in [-0.3, -0.25) is 19.2 Å². The lowest BCUT2D eigenvalue weighted by atomic mass is 9.68. The minimum absolute atomic E-state index is 0. The van der Waals surface area contributed by atoms with Crippen LogP contribution in [0.25, 0.3) is 0 Å². The van der Waals surface area contributed by atoms with Gasteiger partial charge < -0.3 is 56.1 Å². The van der Waals surface area contributed by atoms with E-state index in [1.54, 1.807) is 19.6 Å². The second kappa shape index (κ2) is 61.3. The van der Waals surface area contributed by atoms with E-state index in [2.05, 4.69) is 6.92 Å². The minimum Gasteiger partial charge on any atom is -0.465 e. The highest BCUT2D eigenvalue weighted by molar-refractivity contribution is 6.91. The molecule has 4 N–H and O–H groups in total. The Labute approximate surface area is 698 Å². The fourth-order valence-electron chi connectivity index (χ4n) is 12.4. The number of aliphatic hydroxyl groups is 2. The Hall–Kier alpha value is -1.98. The fourth-order valence-corrected chi connectivity index (χ4v) is 36.7. The van der Waals surface area contributed by atoms with Crippen LogP contribution in [0.15, 0.2) is 0 Å². The predicted molar refractivity (Wildman–Crippen MR) is 462 cm³/mol. The minimum atomic E-state index is -8.16. The maximum Gasteiger partial charge on any atom is 0.460 e. The molecule has 1 aliphatic heterocycles. The highest BCUT2D eigenvalue weighted by atomic mass is 35.5. The third-order valence-electron chi connectivity index (χ3n) is 17.1. The summed E-state index contributed by atoms with van der Waals surface area (Å²) in [5.74, 6) is -44.3. The summed E-state index contributed by atoms with van der Waals surface area (Å²) >= 11 is 7.23. The Balaban J connectivity index is -0.000000595. The van der Waals surface area contributed by atoms with E-state index in [-0.39, 0.29) is 142 Å². The van der Waals surface area contributed by atoms with Crippen LogP contribution in [0.2, 0.25) is 77.6 Å². The SMILES string of the molecule is C.C.C.C.C.C.C.C.C.C.C.C.C.C.CCCCCCCCCCCCCCCCCCOC(=O)C(CC(Cl)CC(C)(CCC[Si](C)(O[Si](C)(C)O[Si](C)(C)C)O[Si](C)(CCCN)O[Si](C)(C)C)C(=O)OCCC(F)(F)C(F)(F)C(F)(F)C(F)(F)C(F)(F)C(F)(F)F)CC(C)(CC(C)(C)C(=O)OCC1CO1)C(=O)OCC(O)CO. The van der Waals surface area contributed by atoms with E-state index in [1.165, 1.54) is 79.1 Å². The maximum absolute atomic E-state index is 15.3. The van der Waals surface area contributed by atoms with Gasteiger partial charge in [0.05, 0.1) is 55.0 Å². The first-order valence-corrected chi connectivity index (χ1v) is 50.3. The van der Waals surface area contributed by atoms with Crippen molar-refractivity contribution in [2.24, 2.45) is 27.9 Å². The standard InChI is InChI=1S/C65H119ClF13NO15Si5.14CH4/c1-16-17-18-19-20-21-22-23-24-25-26-27-28-29-30-31-37-87-53(83)49(42-59(5,56(86)90-45-51(82)44-81)48-57(2,3)54(84)91-47-52-46-89-52)41-50(66)43-58(4,55(85)88-38-35-60(67,68)61(69,70)62(71,72)63(73,74)64(75,76)65(77,78)79)34-32-39-100(15,94-98(12,13)92-96(6,7)8)95-99(14,40-33-36-80)93-97(9,10)11;;;;;;;;;;;;;;/h49-52,81-82H,16-48,80H2,1-15H3;14*1H4. The lowest BCUT2D eigenvalue weighted by Crippen LogP contribution is -2.70. The molecule has 16 nitrogen and oxygen atoms in total. The highest BCUT2D eigenvalue weighted by Crippen LogP contribution is 2.61. The second-order valence-corrected chi connectivity index (χ2v) is 51.7. The summed E-state index contributed by atoms with van der Waals surface area (Å²) in [6.07, 6.45) is 2.55. The van der Waals surface area contributed by atoms with Crippen LogP contribution >= 0.6 is 11.6 Å². The number of esters is 4. The molecule has 0 aromatic carbocycles. The van der Waals surface area contributed by atoms with Crippen LogP contribution in [0.1, 0.15) is 293 Å². The van der Waals surface area contributed by atoms with Crippen molar-refractivity contribution in [3.05, 3.63) is 0 Å². The van der Waals surface area contributed by atoms with Gasteiger partial charge in [0.1, 0.15) is 25.4 Å². The van der Waals surface area contributed by atoms with Crippen LogP contribution in [0.4, 0.5) is 57.1 Å². The number of epoxide rings is 1. The van der Waals surface area contributed by atoms with Gasteiger partial charge in [-0.1, -0.05) is 214 Å². The van der Waals surface area contributed by atoms with Crippen LogP contribution < -0.4 is 5.73 Å². The van der Waals surface area contributed by atoms with E-state index in [4.69, 9.17) is 57.5 Å². The zero-order chi connectivity index (χ0) is 77.3. The van der Waals surface area contributed by atoms with E-state index < -0.39 is 194 Å². The number of nitrogens with two attached hydrogens (primary N) is 1. The van der Waals surface area contributed by atoms with Gasteiger partial charge in [-0.15, -0.1) is 11.6 Å². The van der Waals surface area contributed by atoms with Gasteiger partial charge in [-0.25, -0.2) is 0 Å². The molecule has 0 aromatic heterocycles. The van der Waals surface area contributed by atoms with E-state index in [1.807, 2.05) is 45.8 Å². The average molecular weight is 1800 g/mol. The molecule has 8 atom stereocenters. The van der Waals surface area contributed by atoms with Crippen molar-refractivity contribution in [1.29, 1.82) is 0 Å². The van der Waals surface area contributed by atoms with Crippen molar-refractivity contribution >= 4 is 77.8 Å². The molecule has 0 bridgehead atoms. The zero-order valence-corrected chi connectivity index (χ0v) is 67.5. The number of unbranched alkanes of at least 4 members (excludes halogenated alkanes) is 15. The molecule has 114 heavy (non-hydrogen) atoms. The quantitative estimate of drug-likeness (QED) is 0.00980. The molecule has 1 rings (SSSR count). The predicted octanol–water partition coefficient (Wildman–Crippen LogP) is 26.7. The van der Waals surface area contributed by atoms with Crippen molar-refractivity contribution in [3.8, 4) is 0 Å². The number of alkyl halides is 14. The number of rotatable bonds is 56. The number of carbonyl (C=O) groups excluding carboxylic acids is 4. The van der Waals surface area contributed by atoms with Gasteiger partial charge >= 0.3 is 85.3 Å². The van der Waals surface area contributed by atoms with Crippen molar-refractivity contribution in [1.82, 2.24) is 0 Å². The molecule has 1 aliphatic rings. The lowest BCUT2D eigenvalue weighted by molar-refractivity contribution is -0.440. The van der Waals surface area contributed by atoms with Crippen molar-refractivity contribution in [2.75, 3.05) is 46.2 Å². The van der Waals surface area contributed by atoms with Gasteiger partial charge in [-0.2, -0.15) is 57.1 Å². The summed E-state index contributed by atoms with van der Waals surface area (Å²) in [6.45, 7) is 23.3. The van der Waals surface area contributed by atoms with Crippen LogP contribution in [0.3, 0.4) is 0 Å². The number of carbonyl (C=O) groups is 4. The van der Waals surface area contributed by atoms with Gasteiger partial charge in [-0.05, 0) is 157 Å². The normalized spacial score (nSPS) is 16.0. The Morgan fingerprint density at radius 1 is 0.482 bits per heavy atom. The van der Waals surface area contributed by atoms with E-state index in [9.17, 15) is 77.7 Å². The summed E-state index contributed by atoms with van der Waals surface area (Å²) in [5, 5.41) is 18.4. The van der Waals surface area contributed by atoms with E-state index in [0.29, 0.717) is 31.9 Å². The van der Waals surface area contributed by atoms with Crippen molar-refractivity contribution in [2.45, 2.75) is 424 Å². The molecule has 0 radical (unpaired) electrons. The first-order chi connectivity index (χ1) is 45.5. The Kier molecular flexibility index (Phi) is 77.3. The number of hydrogen-bond acceptors (Lipinski definition) is 16. The smallest absolute Gasteiger partial charge is 0.460 e. The van der Waals surface area contributed by atoms with E-state index in [0.717, 1.165) is 38.5 Å². The van der Waals surface area contributed by atoms with Gasteiger partial charge in [0.2, 0.25) is 0 Å². The summed E-state index contributed by atoms with van der Waals surface area (Å²) in [7, 11) is -14.8. The van der Waals surface area contributed by atoms with Crippen molar-refractivity contribution < 1.29 is 127 Å². The molecular weight excluding hydrogens is 1630 g/mol. The summed E-state index contributed by atoms with van der Waals surface area (Å²) in [5.41, 5.74) is 0.431. The van der Waals surface area contributed by atoms with Gasteiger partial charge in [0.25, 0.3) is 0 Å². The number of hydrogen-bond donors (Lipinski definition) is 3. The molecule has 1 saturated heterocycles. The monoisotopic (exact) mass is 1800 g/mol. The molecular formula is C79H175ClF13NO15Si5. The largest absolute Gasteiger partial charge is 0.465 e. The summed E-state index contributed by atoms with van der Waals surface area (Å²) in [4.78, 5) is 57.4. The Bertz CT molecular complexity index is 2460. The topological polar surface area (TPSA) is 221 Å². The average Bonchev–Trinajstić information content (AvgIpc) is 1.48. The van der Waals surface area contributed by atoms with Crippen LogP contribution in [0, 0.1) is 22.2 Å². The molecule has 0 spiro atoms. The summed E-state index contributed by atoms with van der Waals surface area (Å²) in [6, 6.07) is 0.408. The molecule has 0 aliphatic carbocycles. The molecule has 0 aromatic rings.